The summed E-state index contributed by atoms with van der Waals surface area (Å²) in [5, 5.41) is 0. The summed E-state index contributed by atoms with van der Waals surface area (Å²) in [4.78, 5) is 19.2. The number of phosphoric ester groups is 1. The van der Waals surface area contributed by atoms with Crippen LogP contribution in [0, 0.1) is 0 Å². The van der Waals surface area contributed by atoms with E-state index in [9.17, 15) is 14.4 Å². The van der Waals surface area contributed by atoms with Crippen LogP contribution in [0.5, 0.6) is 0 Å². The van der Waals surface area contributed by atoms with Crippen LogP contribution >= 0.6 is 7.82 Å². The number of hydrogen-bond acceptors (Lipinski definition) is 4. The van der Waals surface area contributed by atoms with Gasteiger partial charge in [-0.05, 0) is 0 Å². The summed E-state index contributed by atoms with van der Waals surface area (Å²) in [5.41, 5.74) is 0. The van der Waals surface area contributed by atoms with Crippen LogP contribution in [0.15, 0.2) is 12.7 Å². The highest BCUT2D eigenvalue weighted by Crippen LogP contribution is 2.23. The van der Waals surface area contributed by atoms with Crippen LogP contribution in [0.2, 0.25) is 0 Å². The van der Waals surface area contributed by atoms with Crippen LogP contribution < -0.4 is 9.79 Å². The molecular formula is C3H5O4P-2. The fourth-order valence-corrected chi connectivity index (χ4v) is 0.432. The summed E-state index contributed by atoms with van der Waals surface area (Å²) < 4.78 is 13.3. The Hall–Kier alpha value is -0.150. The first-order chi connectivity index (χ1) is 3.56. The Morgan fingerprint density at radius 3 is 2.38 bits per heavy atom. The van der Waals surface area contributed by atoms with Crippen LogP contribution in [0.1, 0.15) is 0 Å². The summed E-state index contributed by atoms with van der Waals surface area (Å²) in [6, 6.07) is 0. The van der Waals surface area contributed by atoms with Crippen molar-refractivity contribution in [1.82, 2.24) is 0 Å². The van der Waals surface area contributed by atoms with Gasteiger partial charge in [0.1, 0.15) is 0 Å². The summed E-state index contributed by atoms with van der Waals surface area (Å²) in [5.74, 6) is 0. The summed E-state index contributed by atoms with van der Waals surface area (Å²) in [6.07, 6.45) is 1.18. The van der Waals surface area contributed by atoms with E-state index in [1.54, 1.807) is 0 Å². The highest BCUT2D eigenvalue weighted by atomic mass is 31.2. The van der Waals surface area contributed by atoms with Gasteiger partial charge in [-0.15, -0.1) is 6.58 Å². The molecule has 5 heteroatoms. The fraction of sp³-hybridized carbons (Fsp3) is 0.333. The highest BCUT2D eigenvalue weighted by Gasteiger charge is 1.83. The normalized spacial score (nSPS) is 11.2. The van der Waals surface area contributed by atoms with Crippen molar-refractivity contribution < 1.29 is 18.9 Å². The van der Waals surface area contributed by atoms with Gasteiger partial charge in [0.05, 0.1) is 14.4 Å². The molecule has 0 spiro atoms. The quantitative estimate of drug-likeness (QED) is 0.369. The van der Waals surface area contributed by atoms with Gasteiger partial charge in [-0.2, -0.15) is 0 Å². The molecule has 0 rings (SSSR count). The second kappa shape index (κ2) is 2.99. The van der Waals surface area contributed by atoms with E-state index in [2.05, 4.69) is 11.1 Å². The summed E-state index contributed by atoms with van der Waals surface area (Å²) >= 11 is 0. The average molecular weight is 136 g/mol. The maximum absolute atomic E-state index is 9.59. The molecule has 0 unspecified atom stereocenters. The molecule has 0 aliphatic heterocycles. The molecule has 0 saturated heterocycles. The van der Waals surface area contributed by atoms with Crippen molar-refractivity contribution in [2.45, 2.75) is 0 Å². The molecule has 0 fully saturated rings. The molecule has 0 amide bonds. The highest BCUT2D eigenvalue weighted by molar-refractivity contribution is 7.43. The van der Waals surface area contributed by atoms with Gasteiger partial charge in [0, 0.05) is 0 Å². The van der Waals surface area contributed by atoms with E-state index in [4.69, 9.17) is 0 Å². The summed E-state index contributed by atoms with van der Waals surface area (Å²) in [6.45, 7) is 2.89. The van der Waals surface area contributed by atoms with Crippen molar-refractivity contribution in [2.24, 2.45) is 0 Å². The first-order valence-corrected chi connectivity index (χ1v) is 3.30. The number of phosphoric acid groups is 1. The first kappa shape index (κ1) is 7.85. The van der Waals surface area contributed by atoms with E-state index >= 15 is 0 Å². The zero-order valence-electron chi connectivity index (χ0n) is 4.07. The molecule has 0 bridgehead atoms. The smallest absolute Gasteiger partial charge is 0.0697 e. The Bertz CT molecular complexity index is 114. The van der Waals surface area contributed by atoms with Crippen LogP contribution in [0.3, 0.4) is 0 Å². The largest absolute Gasteiger partial charge is 0.790 e. The number of rotatable bonds is 3. The lowest BCUT2D eigenvalue weighted by Crippen LogP contribution is -2.16. The SMILES string of the molecule is C=CCOP(=O)([O-])[O-]. The zero-order valence-corrected chi connectivity index (χ0v) is 4.97. The van der Waals surface area contributed by atoms with E-state index in [1.807, 2.05) is 0 Å². The standard InChI is InChI=1S/C3H7O4P/c1-2-3-7-8(4,5)6/h2H,1,3H2,(H2,4,5,6)/p-2. The number of hydrogen-bond donors (Lipinski definition) is 0. The fourth-order valence-electron chi connectivity index (χ4n) is 0.144. The third-order valence-corrected chi connectivity index (χ3v) is 0.816. The minimum Gasteiger partial charge on any atom is -0.790 e. The van der Waals surface area contributed by atoms with Gasteiger partial charge >= 0.3 is 0 Å². The molecule has 0 aromatic heterocycles. The molecule has 0 aromatic carbocycles. The third-order valence-electron chi connectivity index (χ3n) is 0.351. The van der Waals surface area contributed by atoms with Gasteiger partial charge in [-0.25, -0.2) is 0 Å². The molecular weight excluding hydrogens is 131 g/mol. The monoisotopic (exact) mass is 136 g/mol. The second-order valence-corrected chi connectivity index (χ2v) is 2.18. The van der Waals surface area contributed by atoms with Crippen molar-refractivity contribution in [3.8, 4) is 0 Å². The Kier molecular flexibility index (Phi) is 2.94. The van der Waals surface area contributed by atoms with E-state index in [0.29, 0.717) is 0 Å². The Balaban J connectivity index is 3.40. The van der Waals surface area contributed by atoms with Crippen LogP contribution in [-0.4, -0.2) is 6.61 Å². The molecule has 0 saturated carbocycles. The molecule has 48 valence electrons. The van der Waals surface area contributed by atoms with Gasteiger partial charge in [0.2, 0.25) is 0 Å². The topological polar surface area (TPSA) is 72.4 Å². The zero-order chi connectivity index (χ0) is 6.62. The molecule has 0 heterocycles. The molecule has 0 atom stereocenters. The lowest BCUT2D eigenvalue weighted by Gasteiger charge is -2.27. The third kappa shape index (κ3) is 5.85. The van der Waals surface area contributed by atoms with Crippen molar-refractivity contribution in [2.75, 3.05) is 6.61 Å². The molecule has 0 aliphatic carbocycles. The van der Waals surface area contributed by atoms with Gasteiger partial charge in [-0.3, -0.25) is 0 Å². The molecule has 4 nitrogen and oxygen atoms in total. The van der Waals surface area contributed by atoms with Crippen molar-refractivity contribution in [3.05, 3.63) is 12.7 Å². The molecule has 0 aromatic rings. The lowest BCUT2D eigenvalue weighted by molar-refractivity contribution is -0.340. The second-order valence-electron chi connectivity index (χ2n) is 1.03. The summed E-state index contributed by atoms with van der Waals surface area (Å²) in [7, 11) is -4.75. The van der Waals surface area contributed by atoms with E-state index in [-0.39, 0.29) is 6.61 Å². The maximum Gasteiger partial charge on any atom is 0.0697 e. The van der Waals surface area contributed by atoms with Crippen LogP contribution in [0.4, 0.5) is 0 Å². The minimum atomic E-state index is -4.75. The molecule has 0 N–H and O–H groups in total. The van der Waals surface area contributed by atoms with E-state index < -0.39 is 7.82 Å². The Morgan fingerprint density at radius 2 is 2.25 bits per heavy atom. The Labute approximate surface area is 47.0 Å². The van der Waals surface area contributed by atoms with Gasteiger partial charge in [0.25, 0.3) is 0 Å². The van der Waals surface area contributed by atoms with Gasteiger partial charge in [0.15, 0.2) is 0 Å². The predicted octanol–water partition coefficient (Wildman–Crippen LogP) is -0.982. The predicted molar refractivity (Wildman–Crippen MR) is 23.8 cm³/mol. The average Bonchev–Trinajstić information content (AvgIpc) is 1.59. The Morgan fingerprint density at radius 1 is 1.75 bits per heavy atom. The van der Waals surface area contributed by atoms with Crippen molar-refractivity contribution in [1.29, 1.82) is 0 Å². The van der Waals surface area contributed by atoms with Crippen LogP contribution in [-0.2, 0) is 9.09 Å². The van der Waals surface area contributed by atoms with Gasteiger partial charge in [-0.1, -0.05) is 6.08 Å². The first-order valence-electron chi connectivity index (χ1n) is 1.84. The van der Waals surface area contributed by atoms with E-state index in [0.717, 1.165) is 0 Å². The van der Waals surface area contributed by atoms with Gasteiger partial charge < -0.3 is 18.9 Å². The van der Waals surface area contributed by atoms with E-state index in [1.165, 1.54) is 6.08 Å². The molecule has 0 radical (unpaired) electrons. The molecule has 8 heavy (non-hydrogen) atoms. The van der Waals surface area contributed by atoms with Crippen LogP contribution in [0.25, 0.3) is 0 Å². The minimum absolute atomic E-state index is 0.246. The maximum atomic E-state index is 9.59. The lowest BCUT2D eigenvalue weighted by atomic mass is 10.7. The molecule has 0 aliphatic rings. The van der Waals surface area contributed by atoms with Crippen molar-refractivity contribution in [3.63, 3.8) is 0 Å². The van der Waals surface area contributed by atoms with Crippen molar-refractivity contribution >= 4 is 7.82 Å².